The first kappa shape index (κ1) is 19.2. The summed E-state index contributed by atoms with van der Waals surface area (Å²) in [5.41, 5.74) is 2.69. The minimum absolute atomic E-state index is 0.0796. The van der Waals surface area contributed by atoms with E-state index in [-0.39, 0.29) is 13.0 Å². The fourth-order valence-corrected chi connectivity index (χ4v) is 2.20. The van der Waals surface area contributed by atoms with Crippen LogP contribution in [0, 0.1) is 13.8 Å². The topological polar surface area (TPSA) is 81.7 Å². The van der Waals surface area contributed by atoms with Crippen molar-refractivity contribution >= 4 is 17.8 Å². The Kier molecular flexibility index (Phi) is 6.91. The van der Waals surface area contributed by atoms with Gasteiger partial charge in [-0.1, -0.05) is 42.5 Å². The first-order valence-corrected chi connectivity index (χ1v) is 8.16. The average molecular weight is 355 g/mol. The predicted octanol–water partition coefficient (Wildman–Crippen LogP) is 2.11. The Bertz CT molecular complexity index is 786. The Hall–Kier alpha value is -3.15. The first-order chi connectivity index (χ1) is 12.4. The monoisotopic (exact) mass is 355 g/mol. The normalized spacial score (nSPS) is 10.1. The number of hydrogen-bond donors (Lipinski definition) is 1. The van der Waals surface area contributed by atoms with E-state index in [1.54, 1.807) is 12.1 Å². The van der Waals surface area contributed by atoms with Gasteiger partial charge in [-0.2, -0.15) is 0 Å². The van der Waals surface area contributed by atoms with E-state index in [0.717, 1.165) is 16.7 Å². The Morgan fingerprint density at radius 3 is 2.38 bits per heavy atom. The zero-order valence-corrected chi connectivity index (χ0v) is 14.8. The van der Waals surface area contributed by atoms with Crippen LogP contribution in [0.25, 0.3) is 0 Å². The van der Waals surface area contributed by atoms with Crippen LogP contribution >= 0.6 is 0 Å². The van der Waals surface area contributed by atoms with Crippen molar-refractivity contribution in [3.63, 3.8) is 0 Å². The molecule has 0 heterocycles. The molecule has 136 valence electrons. The quantitative estimate of drug-likeness (QED) is 0.770. The fraction of sp³-hybridized carbons (Fsp3) is 0.250. The van der Waals surface area contributed by atoms with E-state index >= 15 is 0 Å². The summed E-state index contributed by atoms with van der Waals surface area (Å²) in [5.74, 6) is -1.23. The van der Waals surface area contributed by atoms with Gasteiger partial charge in [-0.15, -0.1) is 0 Å². The number of amides is 2. The summed E-state index contributed by atoms with van der Waals surface area (Å²) in [6.07, 6.45) is 0.0796. The summed E-state index contributed by atoms with van der Waals surface area (Å²) >= 11 is 0. The molecule has 0 atom stereocenters. The number of rotatable bonds is 7. The molecule has 0 saturated heterocycles. The van der Waals surface area contributed by atoms with Gasteiger partial charge in [0.05, 0.1) is 6.42 Å². The Morgan fingerprint density at radius 2 is 1.65 bits per heavy atom. The van der Waals surface area contributed by atoms with Crippen LogP contribution in [0.2, 0.25) is 0 Å². The van der Waals surface area contributed by atoms with Crippen molar-refractivity contribution in [1.82, 2.24) is 5.32 Å². The predicted molar refractivity (Wildman–Crippen MR) is 95.7 cm³/mol. The number of nitrogens with one attached hydrogen (secondary N) is 1. The zero-order valence-electron chi connectivity index (χ0n) is 14.8. The molecule has 0 aliphatic carbocycles. The molecular weight excluding hydrogens is 334 g/mol. The average Bonchev–Trinajstić information content (AvgIpc) is 2.61. The number of benzene rings is 2. The highest BCUT2D eigenvalue weighted by Crippen LogP contribution is 2.18. The van der Waals surface area contributed by atoms with Crippen molar-refractivity contribution in [3.05, 3.63) is 65.2 Å². The van der Waals surface area contributed by atoms with Crippen LogP contribution in [0.5, 0.6) is 5.75 Å². The van der Waals surface area contributed by atoms with Gasteiger partial charge in [0, 0.05) is 0 Å². The van der Waals surface area contributed by atoms with E-state index in [9.17, 15) is 14.4 Å². The summed E-state index contributed by atoms with van der Waals surface area (Å²) in [7, 11) is 0. The van der Waals surface area contributed by atoms with E-state index in [2.05, 4.69) is 5.32 Å². The van der Waals surface area contributed by atoms with E-state index in [1.807, 2.05) is 50.2 Å². The van der Waals surface area contributed by atoms with Crippen LogP contribution in [-0.2, 0) is 25.5 Å². The van der Waals surface area contributed by atoms with Crippen LogP contribution in [0.15, 0.2) is 48.5 Å². The molecule has 0 saturated carbocycles. The highest BCUT2D eigenvalue weighted by molar-refractivity contribution is 5.97. The lowest BCUT2D eigenvalue weighted by Crippen LogP contribution is -2.35. The van der Waals surface area contributed by atoms with E-state index < -0.39 is 24.4 Å². The summed E-state index contributed by atoms with van der Waals surface area (Å²) in [4.78, 5) is 35.1. The molecule has 2 amide bonds. The number of hydrogen-bond acceptors (Lipinski definition) is 5. The van der Waals surface area contributed by atoms with Crippen LogP contribution < -0.4 is 10.1 Å². The maximum atomic E-state index is 11.8. The molecule has 1 N–H and O–H groups in total. The molecule has 0 bridgehead atoms. The molecule has 0 aromatic heterocycles. The number of aryl methyl sites for hydroxylation is 2. The van der Waals surface area contributed by atoms with Gasteiger partial charge in [0.15, 0.2) is 13.2 Å². The van der Waals surface area contributed by atoms with E-state index in [4.69, 9.17) is 9.47 Å². The lowest BCUT2D eigenvalue weighted by Gasteiger charge is -2.10. The Labute approximate surface area is 152 Å². The van der Waals surface area contributed by atoms with Crippen molar-refractivity contribution in [2.24, 2.45) is 0 Å². The Morgan fingerprint density at radius 1 is 0.923 bits per heavy atom. The fourth-order valence-electron chi connectivity index (χ4n) is 2.20. The molecule has 0 spiro atoms. The lowest BCUT2D eigenvalue weighted by molar-refractivity contribution is -0.151. The van der Waals surface area contributed by atoms with Crippen LogP contribution in [-0.4, -0.2) is 31.0 Å². The van der Waals surface area contributed by atoms with Gasteiger partial charge in [-0.05, 0) is 36.6 Å². The smallest absolute Gasteiger partial charge is 0.344 e. The molecule has 6 nitrogen and oxygen atoms in total. The lowest BCUT2D eigenvalue weighted by atomic mass is 10.1. The third kappa shape index (κ3) is 6.39. The first-order valence-electron chi connectivity index (χ1n) is 8.16. The SMILES string of the molecule is Cc1ccc(C)c(OCC(=O)OCC(=O)NC(=O)Cc2ccccc2)c1. The molecular formula is C20H21NO5. The van der Waals surface area contributed by atoms with Gasteiger partial charge in [0.1, 0.15) is 5.75 Å². The van der Waals surface area contributed by atoms with Gasteiger partial charge in [-0.3, -0.25) is 14.9 Å². The molecule has 26 heavy (non-hydrogen) atoms. The van der Waals surface area contributed by atoms with Crippen LogP contribution in [0.3, 0.4) is 0 Å². The standard InChI is InChI=1S/C20H21NO5/c1-14-8-9-15(2)17(10-14)25-13-20(24)26-12-19(23)21-18(22)11-16-6-4-3-5-7-16/h3-10H,11-13H2,1-2H3,(H,21,22,23). The third-order valence-corrected chi connectivity index (χ3v) is 3.54. The summed E-state index contributed by atoms with van der Waals surface area (Å²) in [5, 5.41) is 2.18. The molecule has 2 aromatic carbocycles. The molecule has 2 aromatic rings. The molecule has 0 radical (unpaired) electrons. The molecule has 0 aliphatic rings. The summed E-state index contributed by atoms with van der Waals surface area (Å²) < 4.78 is 10.2. The number of carbonyl (C=O) groups excluding carboxylic acids is 3. The van der Waals surface area contributed by atoms with Crippen molar-refractivity contribution < 1.29 is 23.9 Å². The largest absolute Gasteiger partial charge is 0.482 e. The third-order valence-electron chi connectivity index (χ3n) is 3.54. The highest BCUT2D eigenvalue weighted by atomic mass is 16.6. The van der Waals surface area contributed by atoms with Crippen LogP contribution in [0.4, 0.5) is 0 Å². The minimum Gasteiger partial charge on any atom is -0.482 e. The Balaban J connectivity index is 1.70. The second kappa shape index (κ2) is 9.36. The van der Waals surface area contributed by atoms with E-state index in [0.29, 0.717) is 5.75 Å². The van der Waals surface area contributed by atoms with Crippen molar-refractivity contribution in [1.29, 1.82) is 0 Å². The number of esters is 1. The maximum Gasteiger partial charge on any atom is 0.344 e. The zero-order chi connectivity index (χ0) is 18.9. The van der Waals surface area contributed by atoms with Crippen molar-refractivity contribution in [2.45, 2.75) is 20.3 Å². The van der Waals surface area contributed by atoms with Crippen LogP contribution in [0.1, 0.15) is 16.7 Å². The van der Waals surface area contributed by atoms with Gasteiger partial charge < -0.3 is 9.47 Å². The number of ether oxygens (including phenoxy) is 2. The minimum atomic E-state index is -0.684. The highest BCUT2D eigenvalue weighted by Gasteiger charge is 2.12. The van der Waals surface area contributed by atoms with Crippen molar-refractivity contribution in [2.75, 3.05) is 13.2 Å². The van der Waals surface area contributed by atoms with Gasteiger partial charge in [0.2, 0.25) is 5.91 Å². The van der Waals surface area contributed by atoms with Crippen molar-refractivity contribution in [3.8, 4) is 5.75 Å². The number of imide groups is 1. The number of carbonyl (C=O) groups is 3. The second-order valence-corrected chi connectivity index (χ2v) is 5.85. The van der Waals surface area contributed by atoms with Gasteiger partial charge >= 0.3 is 5.97 Å². The maximum absolute atomic E-state index is 11.8. The molecule has 2 rings (SSSR count). The summed E-state index contributed by atoms with van der Waals surface area (Å²) in [6, 6.07) is 14.7. The van der Waals surface area contributed by atoms with Gasteiger partial charge in [-0.25, -0.2) is 4.79 Å². The molecule has 0 aliphatic heterocycles. The summed E-state index contributed by atoms with van der Waals surface area (Å²) in [6.45, 7) is 2.94. The molecule has 0 unspecified atom stereocenters. The van der Waals surface area contributed by atoms with Gasteiger partial charge in [0.25, 0.3) is 5.91 Å². The second-order valence-electron chi connectivity index (χ2n) is 5.85. The van der Waals surface area contributed by atoms with E-state index in [1.165, 1.54) is 0 Å². The molecule has 6 heteroatoms. The molecule has 0 fully saturated rings.